The molecule has 2 N–H and O–H groups in total. The summed E-state index contributed by atoms with van der Waals surface area (Å²) >= 11 is 0. The summed E-state index contributed by atoms with van der Waals surface area (Å²) in [5.74, 6) is 1.56. The molecule has 3 aromatic rings. The molecule has 0 unspecified atom stereocenters. The number of ether oxygens (including phenoxy) is 1. The first-order valence-corrected chi connectivity index (χ1v) is 11.0. The fraction of sp³-hybridized carbons (Fsp3) is 0.409. The van der Waals surface area contributed by atoms with Crippen molar-refractivity contribution in [2.24, 2.45) is 0 Å². The van der Waals surface area contributed by atoms with Gasteiger partial charge in [0, 0.05) is 56.7 Å². The highest BCUT2D eigenvalue weighted by Gasteiger charge is 2.19. The third-order valence-corrected chi connectivity index (χ3v) is 5.85. The number of piperazine rings is 1. The van der Waals surface area contributed by atoms with Crippen molar-refractivity contribution in [1.29, 1.82) is 0 Å². The minimum Gasteiger partial charge on any atom is -0.378 e. The van der Waals surface area contributed by atoms with E-state index in [4.69, 9.17) is 9.72 Å². The van der Waals surface area contributed by atoms with Gasteiger partial charge in [-0.15, -0.1) is 5.10 Å². The SMILES string of the molecule is CN1CCN(NC(=O)Nc2ccc(-c3nc(N4CCOCC4)c4cccn4n3)cc2)CC1. The zero-order valence-corrected chi connectivity index (χ0v) is 18.2. The van der Waals surface area contributed by atoms with Crippen LogP contribution in [-0.2, 0) is 4.74 Å². The normalized spacial score (nSPS) is 18.1. The number of aromatic nitrogens is 3. The molecule has 0 radical (unpaired) electrons. The first-order chi connectivity index (χ1) is 15.7. The molecule has 2 aliphatic rings. The smallest absolute Gasteiger partial charge is 0.333 e. The molecule has 0 bridgehead atoms. The van der Waals surface area contributed by atoms with E-state index >= 15 is 0 Å². The Morgan fingerprint density at radius 2 is 1.75 bits per heavy atom. The van der Waals surface area contributed by atoms with Gasteiger partial charge in [-0.05, 0) is 43.4 Å². The van der Waals surface area contributed by atoms with Crippen LogP contribution in [0.5, 0.6) is 0 Å². The number of rotatable bonds is 4. The van der Waals surface area contributed by atoms with E-state index in [0.29, 0.717) is 19.0 Å². The fourth-order valence-electron chi connectivity index (χ4n) is 3.97. The maximum Gasteiger partial charge on any atom is 0.333 e. The second-order valence-electron chi connectivity index (χ2n) is 8.13. The fourth-order valence-corrected chi connectivity index (χ4v) is 3.97. The summed E-state index contributed by atoms with van der Waals surface area (Å²) in [6.45, 7) is 6.51. The number of nitrogens with one attached hydrogen (secondary N) is 2. The van der Waals surface area contributed by atoms with Crippen LogP contribution in [0.3, 0.4) is 0 Å². The molecule has 2 aromatic heterocycles. The molecule has 168 valence electrons. The zero-order chi connectivity index (χ0) is 21.9. The first kappa shape index (κ1) is 20.7. The van der Waals surface area contributed by atoms with Gasteiger partial charge in [0.15, 0.2) is 11.6 Å². The van der Waals surface area contributed by atoms with Crippen molar-refractivity contribution in [3.05, 3.63) is 42.6 Å². The Balaban J connectivity index is 1.30. The maximum absolute atomic E-state index is 12.3. The van der Waals surface area contributed by atoms with Crippen molar-refractivity contribution in [1.82, 2.24) is 29.9 Å². The molecule has 0 saturated carbocycles. The van der Waals surface area contributed by atoms with Crippen LogP contribution in [0, 0.1) is 0 Å². The minimum absolute atomic E-state index is 0.234. The lowest BCUT2D eigenvalue weighted by molar-refractivity contribution is 0.116. The van der Waals surface area contributed by atoms with E-state index < -0.39 is 0 Å². The van der Waals surface area contributed by atoms with E-state index in [0.717, 1.165) is 61.9 Å². The quantitative estimate of drug-likeness (QED) is 0.641. The van der Waals surface area contributed by atoms with E-state index in [2.05, 4.69) is 32.7 Å². The number of urea groups is 1. The van der Waals surface area contributed by atoms with E-state index in [9.17, 15) is 4.79 Å². The van der Waals surface area contributed by atoms with E-state index in [1.807, 2.05) is 52.1 Å². The third kappa shape index (κ3) is 4.52. The number of morpholine rings is 1. The highest BCUT2D eigenvalue weighted by Crippen LogP contribution is 2.25. The lowest BCUT2D eigenvalue weighted by atomic mass is 10.2. The van der Waals surface area contributed by atoms with Crippen LogP contribution in [0.4, 0.5) is 16.3 Å². The largest absolute Gasteiger partial charge is 0.378 e. The number of carbonyl (C=O) groups is 1. The molecule has 10 nitrogen and oxygen atoms in total. The summed E-state index contributed by atoms with van der Waals surface area (Å²) in [5.41, 5.74) is 5.50. The van der Waals surface area contributed by atoms with Crippen LogP contribution in [0.25, 0.3) is 16.9 Å². The molecule has 2 aliphatic heterocycles. The summed E-state index contributed by atoms with van der Waals surface area (Å²) < 4.78 is 7.35. The van der Waals surface area contributed by atoms with Crippen LogP contribution >= 0.6 is 0 Å². The average Bonchev–Trinajstić information content (AvgIpc) is 3.30. The van der Waals surface area contributed by atoms with Gasteiger partial charge < -0.3 is 19.9 Å². The Morgan fingerprint density at radius 3 is 2.50 bits per heavy atom. The predicted molar refractivity (Wildman–Crippen MR) is 123 cm³/mol. The number of benzene rings is 1. The number of carbonyl (C=O) groups excluding carboxylic acids is 1. The predicted octanol–water partition coefficient (Wildman–Crippen LogP) is 1.52. The standard InChI is InChI=1S/C22H28N8O2/c1-27-9-11-29(12-10-27)26-22(31)23-18-6-4-17(5-7-18)20-24-21(28-13-15-32-16-14-28)19-3-2-8-30(19)25-20/h2-8H,9-16H2,1H3,(H2,23,26,31). The van der Waals surface area contributed by atoms with Gasteiger partial charge in [0.05, 0.1) is 13.2 Å². The molecule has 5 rings (SSSR count). The molecule has 2 fully saturated rings. The van der Waals surface area contributed by atoms with Crippen LogP contribution in [0.15, 0.2) is 42.6 Å². The lowest BCUT2D eigenvalue weighted by Gasteiger charge is -2.32. The van der Waals surface area contributed by atoms with Gasteiger partial charge in [-0.2, -0.15) is 0 Å². The number of fused-ring (bicyclic) bond motifs is 1. The van der Waals surface area contributed by atoms with Gasteiger partial charge in [-0.25, -0.2) is 19.3 Å². The Kier molecular flexibility index (Phi) is 5.89. The maximum atomic E-state index is 12.3. The van der Waals surface area contributed by atoms with Crippen molar-refractivity contribution in [3.8, 4) is 11.4 Å². The van der Waals surface area contributed by atoms with Crippen LogP contribution in [0.1, 0.15) is 0 Å². The summed E-state index contributed by atoms with van der Waals surface area (Å²) in [6.07, 6.45) is 1.93. The molecule has 0 atom stereocenters. The summed E-state index contributed by atoms with van der Waals surface area (Å²) in [6, 6.07) is 11.4. The van der Waals surface area contributed by atoms with E-state index in [1.54, 1.807) is 0 Å². The molecule has 32 heavy (non-hydrogen) atoms. The van der Waals surface area contributed by atoms with Gasteiger partial charge in [0.25, 0.3) is 0 Å². The van der Waals surface area contributed by atoms with Crippen molar-refractivity contribution in [2.75, 3.05) is 69.7 Å². The minimum atomic E-state index is -0.234. The number of likely N-dealkylation sites (N-methyl/N-ethyl adjacent to an activating group) is 1. The molecule has 2 saturated heterocycles. The van der Waals surface area contributed by atoms with Crippen LogP contribution in [-0.4, -0.2) is 90.1 Å². The molecule has 10 heteroatoms. The highest BCUT2D eigenvalue weighted by atomic mass is 16.5. The third-order valence-electron chi connectivity index (χ3n) is 5.85. The molecule has 1 aromatic carbocycles. The summed E-state index contributed by atoms with van der Waals surface area (Å²) in [4.78, 5) is 21.7. The molecule has 4 heterocycles. The second kappa shape index (κ2) is 9.11. The first-order valence-electron chi connectivity index (χ1n) is 11.0. The van der Waals surface area contributed by atoms with Gasteiger partial charge in [0.1, 0.15) is 5.52 Å². The number of amides is 2. The van der Waals surface area contributed by atoms with Crippen molar-refractivity contribution >= 4 is 23.1 Å². The van der Waals surface area contributed by atoms with Crippen molar-refractivity contribution in [2.45, 2.75) is 0 Å². The van der Waals surface area contributed by atoms with E-state index in [1.165, 1.54) is 0 Å². The lowest BCUT2D eigenvalue weighted by Crippen LogP contribution is -2.53. The molecule has 0 aliphatic carbocycles. The van der Waals surface area contributed by atoms with Crippen molar-refractivity contribution < 1.29 is 9.53 Å². The van der Waals surface area contributed by atoms with Crippen molar-refractivity contribution in [3.63, 3.8) is 0 Å². The number of anilines is 2. The Morgan fingerprint density at radius 1 is 1.00 bits per heavy atom. The molecule has 0 spiro atoms. The van der Waals surface area contributed by atoms with Gasteiger partial charge in [-0.3, -0.25) is 5.43 Å². The number of hydrazine groups is 1. The Labute approximate surface area is 186 Å². The van der Waals surface area contributed by atoms with Gasteiger partial charge in [0.2, 0.25) is 0 Å². The Bertz CT molecular complexity index is 1070. The van der Waals surface area contributed by atoms with Crippen LogP contribution < -0.4 is 15.6 Å². The monoisotopic (exact) mass is 436 g/mol. The highest BCUT2D eigenvalue weighted by molar-refractivity contribution is 5.89. The Hall–Kier alpha value is -3.21. The summed E-state index contributed by atoms with van der Waals surface area (Å²) in [5, 5.41) is 9.51. The number of hydrogen-bond donors (Lipinski definition) is 2. The summed E-state index contributed by atoms with van der Waals surface area (Å²) in [7, 11) is 2.08. The molecule has 2 amide bonds. The van der Waals surface area contributed by atoms with Crippen LogP contribution in [0.2, 0.25) is 0 Å². The zero-order valence-electron chi connectivity index (χ0n) is 18.2. The molecular weight excluding hydrogens is 408 g/mol. The molecular formula is C22H28N8O2. The van der Waals surface area contributed by atoms with Gasteiger partial charge >= 0.3 is 6.03 Å². The number of hydrogen-bond acceptors (Lipinski definition) is 7. The topological polar surface area (TPSA) is 90.3 Å². The van der Waals surface area contributed by atoms with E-state index in [-0.39, 0.29) is 6.03 Å². The number of nitrogens with zero attached hydrogens (tertiary/aromatic N) is 6. The van der Waals surface area contributed by atoms with Gasteiger partial charge in [-0.1, -0.05) is 0 Å². The second-order valence-corrected chi connectivity index (χ2v) is 8.13. The average molecular weight is 437 g/mol.